The Labute approximate surface area is 92.6 Å². The molecule has 0 aliphatic heterocycles. The molecule has 16 heavy (non-hydrogen) atoms. The number of nitrogens with two attached hydrogens (primary N) is 1. The molecule has 0 radical (unpaired) electrons. The minimum atomic E-state index is -0.425. The Balaban J connectivity index is 2.34. The Morgan fingerprint density at radius 1 is 1.25 bits per heavy atom. The second-order valence-corrected chi connectivity index (χ2v) is 3.31. The van der Waals surface area contributed by atoms with Gasteiger partial charge in [0.15, 0.2) is 0 Å². The van der Waals surface area contributed by atoms with E-state index >= 15 is 0 Å². The van der Waals surface area contributed by atoms with E-state index in [1.165, 1.54) is 6.07 Å². The van der Waals surface area contributed by atoms with Crippen LogP contribution in [-0.4, -0.2) is 17.0 Å². The van der Waals surface area contributed by atoms with Gasteiger partial charge in [-0.05, 0) is 24.3 Å². The van der Waals surface area contributed by atoms with Crippen molar-refractivity contribution in [1.82, 2.24) is 9.97 Å². The number of hydrogen-bond donors (Lipinski definition) is 1. The first-order chi connectivity index (χ1) is 7.68. The second kappa shape index (κ2) is 4.14. The summed E-state index contributed by atoms with van der Waals surface area (Å²) in [6, 6.07) is 6.23. The van der Waals surface area contributed by atoms with Crippen molar-refractivity contribution in [3.8, 4) is 0 Å². The van der Waals surface area contributed by atoms with Crippen LogP contribution in [0.3, 0.4) is 0 Å². The molecule has 0 spiro atoms. The number of nitrogen functional groups attached to an aromatic ring is 1. The Hall–Kier alpha value is -2.17. The first-order valence-electron chi connectivity index (χ1n) is 4.74. The van der Waals surface area contributed by atoms with Gasteiger partial charge in [-0.1, -0.05) is 0 Å². The van der Waals surface area contributed by atoms with Gasteiger partial charge in [0.25, 0.3) is 0 Å². The minimum absolute atomic E-state index is 0.111. The largest absolute Gasteiger partial charge is 0.396 e. The molecular weight excluding hydrogens is 207 g/mol. The van der Waals surface area contributed by atoms with Crippen molar-refractivity contribution >= 4 is 17.3 Å². The van der Waals surface area contributed by atoms with Gasteiger partial charge < -0.3 is 10.6 Å². The average molecular weight is 218 g/mol. The van der Waals surface area contributed by atoms with E-state index in [-0.39, 0.29) is 5.69 Å². The van der Waals surface area contributed by atoms with Crippen LogP contribution < -0.4 is 10.6 Å². The van der Waals surface area contributed by atoms with E-state index in [2.05, 4.69) is 9.97 Å². The van der Waals surface area contributed by atoms with Gasteiger partial charge in [-0.25, -0.2) is 14.4 Å². The fourth-order valence-electron chi connectivity index (χ4n) is 1.32. The van der Waals surface area contributed by atoms with Crippen molar-refractivity contribution < 1.29 is 4.39 Å². The Bertz CT molecular complexity index is 487. The summed E-state index contributed by atoms with van der Waals surface area (Å²) in [6.07, 6.45) is 3.29. The number of anilines is 3. The molecule has 1 aromatic carbocycles. The molecule has 0 saturated heterocycles. The summed E-state index contributed by atoms with van der Waals surface area (Å²) < 4.78 is 13.0. The van der Waals surface area contributed by atoms with Crippen molar-refractivity contribution in [3.63, 3.8) is 0 Å². The summed E-state index contributed by atoms with van der Waals surface area (Å²) in [5.74, 6) is 0.111. The lowest BCUT2D eigenvalue weighted by atomic mass is 10.2. The third-order valence-corrected chi connectivity index (χ3v) is 2.22. The zero-order valence-corrected chi connectivity index (χ0v) is 8.76. The van der Waals surface area contributed by atoms with Crippen LogP contribution in [-0.2, 0) is 0 Å². The van der Waals surface area contributed by atoms with Gasteiger partial charge in [0.05, 0.1) is 5.69 Å². The molecule has 0 amide bonds. The standard InChI is InChI=1S/C11H11FN4/c1-16(11-14-5-2-6-15-11)8-3-4-9(12)10(13)7-8/h2-7H,13H2,1H3. The zero-order chi connectivity index (χ0) is 11.5. The molecular formula is C11H11FN4. The quantitative estimate of drug-likeness (QED) is 0.783. The van der Waals surface area contributed by atoms with Crippen LogP contribution >= 0.6 is 0 Å². The highest BCUT2D eigenvalue weighted by atomic mass is 19.1. The number of hydrogen-bond acceptors (Lipinski definition) is 4. The fourth-order valence-corrected chi connectivity index (χ4v) is 1.32. The normalized spacial score (nSPS) is 10.1. The zero-order valence-electron chi connectivity index (χ0n) is 8.76. The van der Waals surface area contributed by atoms with Crippen molar-refractivity contribution in [3.05, 3.63) is 42.5 Å². The number of halogens is 1. The molecule has 4 nitrogen and oxygen atoms in total. The summed E-state index contributed by atoms with van der Waals surface area (Å²) in [7, 11) is 1.79. The Morgan fingerprint density at radius 3 is 2.56 bits per heavy atom. The Morgan fingerprint density at radius 2 is 1.94 bits per heavy atom. The van der Waals surface area contributed by atoms with Crippen LogP contribution in [0.2, 0.25) is 0 Å². The number of rotatable bonds is 2. The van der Waals surface area contributed by atoms with Gasteiger partial charge in [-0.2, -0.15) is 0 Å². The van der Waals surface area contributed by atoms with E-state index in [0.29, 0.717) is 5.95 Å². The third kappa shape index (κ3) is 1.93. The molecule has 5 heteroatoms. The molecule has 2 aromatic rings. The minimum Gasteiger partial charge on any atom is -0.396 e. The molecule has 82 valence electrons. The van der Waals surface area contributed by atoms with Crippen molar-refractivity contribution in [2.45, 2.75) is 0 Å². The van der Waals surface area contributed by atoms with Crippen molar-refractivity contribution in [2.24, 2.45) is 0 Å². The summed E-state index contributed by atoms with van der Waals surface area (Å²) in [6.45, 7) is 0. The van der Waals surface area contributed by atoms with Gasteiger partial charge in [0.1, 0.15) is 5.82 Å². The van der Waals surface area contributed by atoms with Gasteiger partial charge in [0, 0.05) is 25.1 Å². The average Bonchev–Trinajstić information content (AvgIpc) is 2.33. The molecule has 0 aliphatic carbocycles. The van der Waals surface area contributed by atoms with Crippen molar-refractivity contribution in [1.29, 1.82) is 0 Å². The van der Waals surface area contributed by atoms with Crippen LogP contribution in [0.5, 0.6) is 0 Å². The van der Waals surface area contributed by atoms with Crippen LogP contribution in [0.1, 0.15) is 0 Å². The molecule has 2 N–H and O–H groups in total. The van der Waals surface area contributed by atoms with Crippen LogP contribution in [0.4, 0.5) is 21.7 Å². The van der Waals surface area contributed by atoms with Gasteiger partial charge in [0.2, 0.25) is 5.95 Å². The van der Waals surface area contributed by atoms with E-state index in [0.717, 1.165) is 5.69 Å². The SMILES string of the molecule is CN(c1ccc(F)c(N)c1)c1ncccn1. The van der Waals surface area contributed by atoms with Gasteiger partial charge in [-0.15, -0.1) is 0 Å². The number of aromatic nitrogens is 2. The second-order valence-electron chi connectivity index (χ2n) is 3.31. The lowest BCUT2D eigenvalue weighted by Gasteiger charge is -2.17. The van der Waals surface area contributed by atoms with E-state index < -0.39 is 5.82 Å². The fraction of sp³-hybridized carbons (Fsp3) is 0.0909. The smallest absolute Gasteiger partial charge is 0.229 e. The van der Waals surface area contributed by atoms with Crippen LogP contribution in [0.25, 0.3) is 0 Å². The maximum absolute atomic E-state index is 13.0. The predicted molar refractivity (Wildman–Crippen MR) is 60.9 cm³/mol. The molecule has 0 bridgehead atoms. The third-order valence-electron chi connectivity index (χ3n) is 2.22. The number of benzene rings is 1. The van der Waals surface area contributed by atoms with E-state index in [1.807, 2.05) is 0 Å². The van der Waals surface area contributed by atoms with Crippen molar-refractivity contribution in [2.75, 3.05) is 17.7 Å². The molecule has 0 aliphatic rings. The highest BCUT2D eigenvalue weighted by Crippen LogP contribution is 2.23. The number of nitrogens with zero attached hydrogens (tertiary/aromatic N) is 3. The highest BCUT2D eigenvalue weighted by molar-refractivity contribution is 5.61. The predicted octanol–water partition coefficient (Wildman–Crippen LogP) is 1.97. The first-order valence-corrected chi connectivity index (χ1v) is 4.74. The van der Waals surface area contributed by atoms with E-state index in [4.69, 9.17) is 5.73 Å². The van der Waals surface area contributed by atoms with E-state index in [9.17, 15) is 4.39 Å². The van der Waals surface area contributed by atoms with Crippen LogP contribution in [0, 0.1) is 5.82 Å². The van der Waals surface area contributed by atoms with Gasteiger partial charge >= 0.3 is 0 Å². The van der Waals surface area contributed by atoms with Crippen LogP contribution in [0.15, 0.2) is 36.7 Å². The molecule has 0 saturated carbocycles. The maximum atomic E-state index is 13.0. The monoisotopic (exact) mass is 218 g/mol. The highest BCUT2D eigenvalue weighted by Gasteiger charge is 2.07. The molecule has 0 fully saturated rings. The summed E-state index contributed by atoms with van der Waals surface area (Å²) in [5.41, 5.74) is 6.35. The molecule has 0 atom stereocenters. The molecule has 1 heterocycles. The topological polar surface area (TPSA) is 55.0 Å². The Kier molecular flexibility index (Phi) is 2.68. The molecule has 1 aromatic heterocycles. The maximum Gasteiger partial charge on any atom is 0.229 e. The molecule has 2 rings (SSSR count). The molecule has 0 unspecified atom stereocenters. The van der Waals surface area contributed by atoms with E-state index in [1.54, 1.807) is 42.5 Å². The first kappa shape index (κ1) is 10.4. The lowest BCUT2D eigenvalue weighted by Crippen LogP contribution is -2.13. The van der Waals surface area contributed by atoms with Gasteiger partial charge in [-0.3, -0.25) is 0 Å². The lowest BCUT2D eigenvalue weighted by molar-refractivity contribution is 0.632. The summed E-state index contributed by atoms with van der Waals surface area (Å²) >= 11 is 0. The summed E-state index contributed by atoms with van der Waals surface area (Å²) in [4.78, 5) is 9.91. The summed E-state index contributed by atoms with van der Waals surface area (Å²) in [5, 5.41) is 0.